The van der Waals surface area contributed by atoms with Gasteiger partial charge in [0.1, 0.15) is 10.5 Å². The van der Waals surface area contributed by atoms with E-state index in [0.717, 1.165) is 10.5 Å². The SMILES string of the molecule is C[Si](C)(O[SiH3])c1c(I)ccc2ccccc12. The predicted octanol–water partition coefficient (Wildman–Crippen LogP) is 2.15. The molecule has 1 nitrogen and oxygen atoms in total. The van der Waals surface area contributed by atoms with Gasteiger partial charge in [-0.1, -0.05) is 30.3 Å². The van der Waals surface area contributed by atoms with E-state index in [9.17, 15) is 0 Å². The molecular formula is C12H15IOSi2. The minimum absolute atomic E-state index is 0.814. The molecule has 16 heavy (non-hydrogen) atoms. The zero-order valence-electron chi connectivity index (χ0n) is 9.75. The topological polar surface area (TPSA) is 9.23 Å². The second-order valence-corrected chi connectivity index (χ2v) is 10.7. The third kappa shape index (κ3) is 2.11. The third-order valence-corrected chi connectivity index (χ3v) is 10.2. The number of hydrogen-bond donors (Lipinski definition) is 0. The molecule has 2 rings (SSSR count). The molecule has 0 atom stereocenters. The van der Waals surface area contributed by atoms with Gasteiger partial charge in [0.15, 0.2) is 0 Å². The van der Waals surface area contributed by atoms with Crippen molar-refractivity contribution in [3.63, 3.8) is 0 Å². The fraction of sp³-hybridized carbons (Fsp3) is 0.167. The van der Waals surface area contributed by atoms with Crippen LogP contribution in [0.5, 0.6) is 0 Å². The lowest BCUT2D eigenvalue weighted by Crippen LogP contribution is -2.46. The highest BCUT2D eigenvalue weighted by Gasteiger charge is 2.27. The predicted molar refractivity (Wildman–Crippen MR) is 84.8 cm³/mol. The van der Waals surface area contributed by atoms with Gasteiger partial charge in [-0.15, -0.1) is 0 Å². The van der Waals surface area contributed by atoms with Gasteiger partial charge in [0.05, 0.1) is 0 Å². The molecule has 0 radical (unpaired) electrons. The van der Waals surface area contributed by atoms with Gasteiger partial charge in [0.2, 0.25) is 8.32 Å². The van der Waals surface area contributed by atoms with E-state index in [1.807, 2.05) is 0 Å². The van der Waals surface area contributed by atoms with Crippen molar-refractivity contribution in [2.75, 3.05) is 0 Å². The molecule has 0 spiro atoms. The Kier molecular flexibility index (Phi) is 3.53. The van der Waals surface area contributed by atoms with E-state index in [0.29, 0.717) is 0 Å². The van der Waals surface area contributed by atoms with Crippen LogP contribution in [0.15, 0.2) is 36.4 Å². The smallest absolute Gasteiger partial charge is 0.207 e. The molecule has 0 saturated carbocycles. The first-order chi connectivity index (χ1) is 7.56. The van der Waals surface area contributed by atoms with Crippen LogP contribution in [0.3, 0.4) is 0 Å². The minimum Gasteiger partial charge on any atom is -0.460 e. The Balaban J connectivity index is 2.81. The van der Waals surface area contributed by atoms with Crippen LogP contribution >= 0.6 is 22.6 Å². The molecule has 0 heterocycles. The summed E-state index contributed by atoms with van der Waals surface area (Å²) in [5, 5.41) is 4.13. The molecule has 4 heteroatoms. The Labute approximate surface area is 114 Å². The highest BCUT2D eigenvalue weighted by atomic mass is 127. The molecule has 0 bridgehead atoms. The second kappa shape index (κ2) is 4.60. The summed E-state index contributed by atoms with van der Waals surface area (Å²) in [5.41, 5.74) is 0. The van der Waals surface area contributed by atoms with Gasteiger partial charge in [0, 0.05) is 3.57 Å². The number of benzene rings is 2. The Morgan fingerprint density at radius 3 is 2.50 bits per heavy atom. The van der Waals surface area contributed by atoms with E-state index in [2.05, 4.69) is 72.1 Å². The Hall–Kier alpha value is -0.176. The molecule has 0 amide bonds. The molecule has 0 unspecified atom stereocenters. The molecule has 0 aliphatic carbocycles. The van der Waals surface area contributed by atoms with Crippen molar-refractivity contribution in [3.05, 3.63) is 40.0 Å². The van der Waals surface area contributed by atoms with Gasteiger partial charge >= 0.3 is 0 Å². The summed E-state index contributed by atoms with van der Waals surface area (Å²) in [6.07, 6.45) is 0. The summed E-state index contributed by atoms with van der Waals surface area (Å²) in [4.78, 5) is 0. The van der Waals surface area contributed by atoms with Crippen LogP contribution in [0.2, 0.25) is 13.1 Å². The molecule has 2 aromatic rings. The molecule has 0 aliphatic heterocycles. The first kappa shape index (κ1) is 12.3. The molecule has 2 aromatic carbocycles. The highest BCUT2D eigenvalue weighted by molar-refractivity contribution is 14.1. The van der Waals surface area contributed by atoms with Crippen molar-refractivity contribution in [1.29, 1.82) is 0 Å². The van der Waals surface area contributed by atoms with E-state index in [-0.39, 0.29) is 0 Å². The largest absolute Gasteiger partial charge is 0.460 e. The van der Waals surface area contributed by atoms with Crippen LogP contribution in [-0.4, -0.2) is 18.8 Å². The minimum atomic E-state index is -1.71. The average molecular weight is 358 g/mol. The first-order valence-electron chi connectivity index (χ1n) is 5.29. The lowest BCUT2D eigenvalue weighted by molar-refractivity contribution is 0.628. The van der Waals surface area contributed by atoms with E-state index in [1.54, 1.807) is 0 Å². The number of fused-ring (bicyclic) bond motifs is 1. The highest BCUT2D eigenvalue weighted by Crippen LogP contribution is 2.20. The zero-order chi connectivity index (χ0) is 11.8. The van der Waals surface area contributed by atoms with Gasteiger partial charge in [-0.25, -0.2) is 0 Å². The monoisotopic (exact) mass is 358 g/mol. The second-order valence-electron chi connectivity index (χ2n) is 4.36. The van der Waals surface area contributed by atoms with E-state index in [4.69, 9.17) is 4.12 Å². The maximum Gasteiger partial charge on any atom is 0.207 e. The van der Waals surface area contributed by atoms with Crippen molar-refractivity contribution in [1.82, 2.24) is 0 Å². The number of hydrogen-bond acceptors (Lipinski definition) is 1. The van der Waals surface area contributed by atoms with E-state index in [1.165, 1.54) is 19.5 Å². The average Bonchev–Trinajstić information content (AvgIpc) is 2.28. The van der Waals surface area contributed by atoms with Crippen LogP contribution in [0.4, 0.5) is 0 Å². The lowest BCUT2D eigenvalue weighted by Gasteiger charge is -2.24. The summed E-state index contributed by atoms with van der Waals surface area (Å²) >= 11 is 2.43. The molecule has 0 aliphatic rings. The van der Waals surface area contributed by atoms with Crippen LogP contribution in [0, 0.1) is 3.57 Å². The first-order valence-corrected chi connectivity index (χ1v) is 10.1. The van der Waals surface area contributed by atoms with Crippen LogP contribution in [-0.2, 0) is 4.12 Å². The summed E-state index contributed by atoms with van der Waals surface area (Å²) in [6, 6.07) is 13.0. The van der Waals surface area contributed by atoms with Crippen molar-refractivity contribution >= 4 is 57.4 Å². The molecule has 0 N–H and O–H groups in total. The van der Waals surface area contributed by atoms with Crippen molar-refractivity contribution in [2.45, 2.75) is 13.1 Å². The molecule has 0 aromatic heterocycles. The lowest BCUT2D eigenvalue weighted by atomic mass is 10.1. The van der Waals surface area contributed by atoms with Crippen molar-refractivity contribution in [3.8, 4) is 0 Å². The molecule has 0 fully saturated rings. The summed E-state index contributed by atoms with van der Waals surface area (Å²) in [6.45, 7) is 4.56. The van der Waals surface area contributed by atoms with Crippen molar-refractivity contribution in [2.24, 2.45) is 0 Å². The standard InChI is InChI=1S/C12H15IOSi2/c1-16(2,14-15)12-10-6-4-3-5-9(10)7-8-11(12)13/h3-8H,1-2,15H3. The zero-order valence-corrected chi connectivity index (χ0v) is 14.9. The number of halogens is 1. The molecule has 84 valence electrons. The van der Waals surface area contributed by atoms with E-state index < -0.39 is 8.32 Å². The summed E-state index contributed by atoms with van der Waals surface area (Å²) in [7, 11) is -0.894. The molecular weight excluding hydrogens is 343 g/mol. The van der Waals surface area contributed by atoms with Gasteiger partial charge in [-0.05, 0) is 57.7 Å². The summed E-state index contributed by atoms with van der Waals surface area (Å²) < 4.78 is 7.22. The van der Waals surface area contributed by atoms with Crippen LogP contribution in [0.1, 0.15) is 0 Å². The fourth-order valence-electron chi connectivity index (χ4n) is 1.96. The van der Waals surface area contributed by atoms with Crippen LogP contribution < -0.4 is 5.19 Å². The Morgan fingerprint density at radius 1 is 1.12 bits per heavy atom. The van der Waals surface area contributed by atoms with Crippen molar-refractivity contribution < 1.29 is 4.12 Å². The third-order valence-electron chi connectivity index (χ3n) is 2.99. The van der Waals surface area contributed by atoms with Gasteiger partial charge in [-0.3, -0.25) is 0 Å². The maximum absolute atomic E-state index is 5.89. The Bertz CT molecular complexity index is 525. The van der Waals surface area contributed by atoms with Gasteiger partial charge < -0.3 is 4.12 Å². The summed E-state index contributed by atoms with van der Waals surface area (Å²) in [5.74, 6) is 0. The Morgan fingerprint density at radius 2 is 1.81 bits per heavy atom. The number of rotatable bonds is 2. The fourth-order valence-corrected chi connectivity index (χ4v) is 6.73. The van der Waals surface area contributed by atoms with Gasteiger partial charge in [0.25, 0.3) is 0 Å². The quantitative estimate of drug-likeness (QED) is 0.591. The normalized spacial score (nSPS) is 12.2. The van der Waals surface area contributed by atoms with Gasteiger partial charge in [-0.2, -0.15) is 0 Å². The molecule has 0 saturated heterocycles. The van der Waals surface area contributed by atoms with Crippen LogP contribution in [0.25, 0.3) is 10.8 Å². The maximum atomic E-state index is 5.89. The van der Waals surface area contributed by atoms with E-state index >= 15 is 0 Å².